The van der Waals surface area contributed by atoms with E-state index in [0.717, 1.165) is 16.6 Å². The van der Waals surface area contributed by atoms with Gasteiger partial charge in [0.2, 0.25) is 5.91 Å². The maximum absolute atomic E-state index is 10.9. The minimum atomic E-state index is -0.446. The van der Waals surface area contributed by atoms with Crippen molar-refractivity contribution in [1.82, 2.24) is 4.98 Å². The second-order valence-electron chi connectivity index (χ2n) is 3.12. The molecule has 1 amide bonds. The van der Waals surface area contributed by atoms with E-state index in [9.17, 15) is 4.79 Å². The summed E-state index contributed by atoms with van der Waals surface area (Å²) in [7, 11) is 0. The van der Waals surface area contributed by atoms with Gasteiger partial charge in [-0.25, -0.2) is 0 Å². The number of rotatable bonds is 2. The number of fused-ring (bicyclic) bond motifs is 1. The van der Waals surface area contributed by atoms with Crippen LogP contribution < -0.4 is 5.73 Å². The van der Waals surface area contributed by atoms with E-state index in [1.54, 1.807) is 24.3 Å². The molecule has 4 N–H and O–H groups in total. The van der Waals surface area contributed by atoms with Gasteiger partial charge in [-0.1, -0.05) is 0 Å². The first-order valence-electron chi connectivity index (χ1n) is 4.23. The molecule has 1 aromatic carbocycles. The number of primary amides is 1. The highest BCUT2D eigenvalue weighted by atomic mass is 16.3. The van der Waals surface area contributed by atoms with Gasteiger partial charge in [0, 0.05) is 22.2 Å². The molecule has 0 unspecified atom stereocenters. The summed E-state index contributed by atoms with van der Waals surface area (Å²) in [5.74, 6) is -0.446. The van der Waals surface area contributed by atoms with E-state index in [2.05, 4.69) is 4.98 Å². The summed E-state index contributed by atoms with van der Waals surface area (Å²) in [6.45, 7) is -0.0411. The van der Waals surface area contributed by atoms with Crippen LogP contribution in [0.1, 0.15) is 16.1 Å². The molecule has 1 heterocycles. The monoisotopic (exact) mass is 190 g/mol. The molecule has 2 rings (SSSR count). The molecule has 0 aliphatic rings. The number of aromatic amines is 1. The molecule has 2 aromatic rings. The fourth-order valence-electron chi connectivity index (χ4n) is 1.43. The molecule has 0 spiro atoms. The average Bonchev–Trinajstić information content (AvgIpc) is 2.58. The number of H-pyrrole nitrogens is 1. The van der Waals surface area contributed by atoms with Gasteiger partial charge in [0.15, 0.2) is 0 Å². The van der Waals surface area contributed by atoms with E-state index >= 15 is 0 Å². The quantitative estimate of drug-likeness (QED) is 0.653. The van der Waals surface area contributed by atoms with Crippen molar-refractivity contribution in [3.63, 3.8) is 0 Å². The molecule has 0 bridgehead atoms. The number of benzene rings is 1. The number of nitrogens with one attached hydrogen (secondary N) is 1. The predicted molar refractivity (Wildman–Crippen MR) is 52.7 cm³/mol. The Morgan fingerprint density at radius 1 is 1.43 bits per heavy atom. The second kappa shape index (κ2) is 3.16. The highest BCUT2D eigenvalue weighted by Gasteiger charge is 2.03. The van der Waals surface area contributed by atoms with E-state index in [4.69, 9.17) is 10.8 Å². The van der Waals surface area contributed by atoms with Crippen molar-refractivity contribution in [1.29, 1.82) is 0 Å². The van der Waals surface area contributed by atoms with Crippen LogP contribution >= 0.6 is 0 Å². The molecule has 72 valence electrons. The van der Waals surface area contributed by atoms with Crippen LogP contribution in [0, 0.1) is 0 Å². The lowest BCUT2D eigenvalue weighted by atomic mass is 10.1. The molecule has 1 aromatic heterocycles. The number of amides is 1. The van der Waals surface area contributed by atoms with Gasteiger partial charge < -0.3 is 15.8 Å². The lowest BCUT2D eigenvalue weighted by molar-refractivity contribution is 0.100. The van der Waals surface area contributed by atoms with E-state index in [-0.39, 0.29) is 6.61 Å². The number of aliphatic hydroxyl groups excluding tert-OH is 1. The van der Waals surface area contributed by atoms with Crippen LogP contribution in [-0.4, -0.2) is 16.0 Å². The van der Waals surface area contributed by atoms with Crippen molar-refractivity contribution in [2.45, 2.75) is 6.61 Å². The maximum Gasteiger partial charge on any atom is 0.248 e. The van der Waals surface area contributed by atoms with E-state index in [1.807, 2.05) is 0 Å². The largest absolute Gasteiger partial charge is 0.390 e. The van der Waals surface area contributed by atoms with Crippen molar-refractivity contribution >= 4 is 16.8 Å². The van der Waals surface area contributed by atoms with Gasteiger partial charge in [-0.05, 0) is 24.3 Å². The summed E-state index contributed by atoms with van der Waals surface area (Å²) in [4.78, 5) is 13.9. The maximum atomic E-state index is 10.9. The van der Waals surface area contributed by atoms with Crippen molar-refractivity contribution in [2.24, 2.45) is 5.73 Å². The summed E-state index contributed by atoms with van der Waals surface area (Å²) in [6.07, 6.45) is 0. The minimum absolute atomic E-state index is 0.0411. The number of carbonyl (C=O) groups is 1. The van der Waals surface area contributed by atoms with E-state index in [1.165, 1.54) is 0 Å². The zero-order chi connectivity index (χ0) is 10.1. The summed E-state index contributed by atoms with van der Waals surface area (Å²) in [5.41, 5.74) is 7.23. The fraction of sp³-hybridized carbons (Fsp3) is 0.100. The zero-order valence-corrected chi connectivity index (χ0v) is 7.45. The first-order chi connectivity index (χ1) is 6.70. The van der Waals surface area contributed by atoms with Crippen LogP contribution in [-0.2, 0) is 6.61 Å². The van der Waals surface area contributed by atoms with Crippen LogP contribution in [0.25, 0.3) is 10.9 Å². The van der Waals surface area contributed by atoms with Crippen LogP contribution in [0.3, 0.4) is 0 Å². The fourth-order valence-corrected chi connectivity index (χ4v) is 1.43. The summed E-state index contributed by atoms with van der Waals surface area (Å²) >= 11 is 0. The van der Waals surface area contributed by atoms with Crippen LogP contribution in [0.15, 0.2) is 24.3 Å². The Morgan fingerprint density at radius 3 is 2.86 bits per heavy atom. The Morgan fingerprint density at radius 2 is 2.21 bits per heavy atom. The predicted octanol–water partition coefficient (Wildman–Crippen LogP) is 0.759. The topological polar surface area (TPSA) is 79.1 Å². The average molecular weight is 190 g/mol. The van der Waals surface area contributed by atoms with E-state index in [0.29, 0.717) is 5.56 Å². The molecule has 0 fully saturated rings. The number of hydrogen-bond donors (Lipinski definition) is 3. The second-order valence-corrected chi connectivity index (χ2v) is 3.12. The highest BCUT2D eigenvalue weighted by Crippen LogP contribution is 2.16. The van der Waals surface area contributed by atoms with Gasteiger partial charge in [-0.2, -0.15) is 0 Å². The minimum Gasteiger partial charge on any atom is -0.390 e. The standard InChI is InChI=1S/C10H10N2O2/c11-10(14)6-1-2-9-7(3-6)4-8(5-13)12-9/h1-4,12-13H,5H2,(H2,11,14). The molecule has 0 aliphatic heterocycles. The molecule has 0 saturated carbocycles. The third kappa shape index (κ3) is 1.36. The Hall–Kier alpha value is -1.81. The summed E-state index contributed by atoms with van der Waals surface area (Å²) < 4.78 is 0. The van der Waals surface area contributed by atoms with Gasteiger partial charge in [0.25, 0.3) is 0 Å². The Bertz CT molecular complexity index is 488. The van der Waals surface area contributed by atoms with Gasteiger partial charge in [-0.3, -0.25) is 4.79 Å². The lowest BCUT2D eigenvalue weighted by Gasteiger charge is -1.94. The Balaban J connectivity index is 2.59. The molecule has 0 atom stereocenters. The van der Waals surface area contributed by atoms with Crippen LogP contribution in [0.5, 0.6) is 0 Å². The van der Waals surface area contributed by atoms with Crippen molar-refractivity contribution < 1.29 is 9.90 Å². The van der Waals surface area contributed by atoms with Gasteiger partial charge in [0.05, 0.1) is 6.61 Å². The first kappa shape index (κ1) is 8.77. The Kier molecular flexibility index (Phi) is 1.98. The molecule has 0 radical (unpaired) electrons. The molecule has 14 heavy (non-hydrogen) atoms. The number of aliphatic hydroxyl groups is 1. The summed E-state index contributed by atoms with van der Waals surface area (Å²) in [6, 6.07) is 6.92. The first-order valence-corrected chi connectivity index (χ1v) is 4.23. The molecule has 4 heteroatoms. The number of aromatic nitrogens is 1. The molecular formula is C10H10N2O2. The Labute approximate surface area is 80.3 Å². The number of nitrogens with two attached hydrogens (primary N) is 1. The number of carbonyl (C=O) groups excluding carboxylic acids is 1. The third-order valence-electron chi connectivity index (χ3n) is 2.13. The van der Waals surface area contributed by atoms with Crippen LogP contribution in [0.4, 0.5) is 0 Å². The molecule has 4 nitrogen and oxygen atoms in total. The third-order valence-corrected chi connectivity index (χ3v) is 2.13. The zero-order valence-electron chi connectivity index (χ0n) is 7.45. The highest BCUT2D eigenvalue weighted by molar-refractivity contribution is 5.97. The smallest absolute Gasteiger partial charge is 0.248 e. The van der Waals surface area contributed by atoms with Gasteiger partial charge in [0.1, 0.15) is 0 Å². The molecule has 0 saturated heterocycles. The molecule has 0 aliphatic carbocycles. The SMILES string of the molecule is NC(=O)c1ccc2[nH]c(CO)cc2c1. The summed E-state index contributed by atoms with van der Waals surface area (Å²) in [5, 5.41) is 9.77. The normalized spacial score (nSPS) is 10.6. The number of hydrogen-bond acceptors (Lipinski definition) is 2. The van der Waals surface area contributed by atoms with Crippen molar-refractivity contribution in [3.05, 3.63) is 35.5 Å². The van der Waals surface area contributed by atoms with Crippen LogP contribution in [0.2, 0.25) is 0 Å². The van der Waals surface area contributed by atoms with Gasteiger partial charge in [-0.15, -0.1) is 0 Å². The van der Waals surface area contributed by atoms with Crippen molar-refractivity contribution in [2.75, 3.05) is 0 Å². The lowest BCUT2D eigenvalue weighted by Crippen LogP contribution is -2.10. The van der Waals surface area contributed by atoms with Crippen molar-refractivity contribution in [3.8, 4) is 0 Å². The van der Waals surface area contributed by atoms with E-state index < -0.39 is 5.91 Å². The van der Waals surface area contributed by atoms with Gasteiger partial charge >= 0.3 is 0 Å². The molecular weight excluding hydrogens is 180 g/mol.